The predicted octanol–water partition coefficient (Wildman–Crippen LogP) is 0.495. The van der Waals surface area contributed by atoms with Crippen LogP contribution in [0.5, 0.6) is 5.75 Å². The number of phenols is 1. The monoisotopic (exact) mass is 312 g/mol. The van der Waals surface area contributed by atoms with E-state index < -0.39 is 22.9 Å². The smallest absolute Gasteiger partial charge is 0.323 e. The molecule has 0 radical (unpaired) electrons. The lowest BCUT2D eigenvalue weighted by Crippen LogP contribution is -2.39. The van der Waals surface area contributed by atoms with Gasteiger partial charge in [-0.05, 0) is 6.07 Å². The Labute approximate surface area is 126 Å². The zero-order valence-electron chi connectivity index (χ0n) is 12.1. The molecule has 0 heterocycles. The van der Waals surface area contributed by atoms with Crippen molar-refractivity contribution in [2.75, 3.05) is 14.2 Å². The highest BCUT2D eigenvalue weighted by atomic mass is 16.6. The lowest BCUT2D eigenvalue weighted by molar-refractivity contribution is -0.384. The van der Waals surface area contributed by atoms with Crippen LogP contribution in [0, 0.1) is 10.1 Å². The Kier molecular flexibility index (Phi) is 6.26. The molecule has 0 spiro atoms. The van der Waals surface area contributed by atoms with Gasteiger partial charge in [0.05, 0.1) is 25.6 Å². The van der Waals surface area contributed by atoms with Crippen LogP contribution in [0.4, 0.5) is 5.69 Å². The maximum absolute atomic E-state index is 11.6. The number of nitro benzene ring substituents is 1. The quantitative estimate of drug-likeness (QED) is 0.423. The van der Waals surface area contributed by atoms with E-state index in [-0.39, 0.29) is 30.0 Å². The second-order valence-electron chi connectivity index (χ2n) is 4.31. The van der Waals surface area contributed by atoms with E-state index in [1.807, 2.05) is 0 Å². The fraction of sp³-hybridized carbons (Fsp3) is 0.385. The summed E-state index contributed by atoms with van der Waals surface area (Å²) in [6.45, 7) is -0.0652. The third-order valence-corrected chi connectivity index (χ3v) is 2.90. The topological polar surface area (TPSA) is 128 Å². The molecule has 0 saturated heterocycles. The van der Waals surface area contributed by atoms with Gasteiger partial charge < -0.3 is 14.6 Å². The average Bonchev–Trinajstić information content (AvgIpc) is 2.51. The van der Waals surface area contributed by atoms with Crippen molar-refractivity contribution in [1.82, 2.24) is 5.32 Å². The molecule has 0 saturated carbocycles. The summed E-state index contributed by atoms with van der Waals surface area (Å²) in [5.41, 5.74) is 0.0187. The third-order valence-electron chi connectivity index (χ3n) is 2.90. The maximum atomic E-state index is 11.6. The van der Waals surface area contributed by atoms with Gasteiger partial charge in [0.1, 0.15) is 11.8 Å². The van der Waals surface area contributed by atoms with Crippen LogP contribution < -0.4 is 5.32 Å². The van der Waals surface area contributed by atoms with Crippen LogP contribution in [0.25, 0.3) is 0 Å². The molecule has 0 aliphatic rings. The summed E-state index contributed by atoms with van der Waals surface area (Å²) in [6, 6.07) is 2.53. The molecule has 1 aromatic rings. The zero-order valence-corrected chi connectivity index (χ0v) is 12.1. The number of methoxy groups -OCH3 is 2. The summed E-state index contributed by atoms with van der Waals surface area (Å²) in [7, 11) is 2.35. The van der Waals surface area contributed by atoms with Crippen molar-refractivity contribution >= 4 is 17.6 Å². The van der Waals surface area contributed by atoms with Crippen LogP contribution >= 0.6 is 0 Å². The highest BCUT2D eigenvalue weighted by Gasteiger charge is 2.23. The summed E-state index contributed by atoms with van der Waals surface area (Å²) < 4.78 is 9.03. The van der Waals surface area contributed by atoms with Crippen molar-refractivity contribution in [3.8, 4) is 5.75 Å². The number of nitrogens with one attached hydrogen (secondary N) is 1. The first-order chi connectivity index (χ1) is 10.4. The molecule has 0 bridgehead atoms. The van der Waals surface area contributed by atoms with E-state index in [0.717, 1.165) is 6.07 Å². The van der Waals surface area contributed by atoms with Gasteiger partial charge in [0.2, 0.25) is 0 Å². The SMILES string of the molecule is COC(=O)C[C@H](NCc1cc([N+](=O)[O-])ccc1O)C(=O)OC. The molecule has 1 aromatic carbocycles. The molecular formula is C13H16N2O7. The molecule has 2 N–H and O–H groups in total. The van der Waals surface area contributed by atoms with E-state index in [4.69, 9.17) is 0 Å². The number of nitrogens with zero attached hydrogens (tertiary/aromatic N) is 1. The van der Waals surface area contributed by atoms with Gasteiger partial charge in [-0.15, -0.1) is 0 Å². The normalized spacial score (nSPS) is 11.5. The van der Waals surface area contributed by atoms with Crippen molar-refractivity contribution < 1.29 is 29.1 Å². The second kappa shape index (κ2) is 7.93. The van der Waals surface area contributed by atoms with Crippen molar-refractivity contribution in [3.05, 3.63) is 33.9 Å². The highest BCUT2D eigenvalue weighted by Crippen LogP contribution is 2.22. The second-order valence-corrected chi connectivity index (χ2v) is 4.31. The minimum Gasteiger partial charge on any atom is -0.508 e. The number of phenolic OH excluding ortho intramolecular Hbond substituents is 1. The number of aromatic hydroxyl groups is 1. The number of rotatable bonds is 7. The number of esters is 2. The minimum atomic E-state index is -0.990. The van der Waals surface area contributed by atoms with Crippen LogP contribution in [0.15, 0.2) is 18.2 Å². The van der Waals surface area contributed by atoms with Gasteiger partial charge >= 0.3 is 11.9 Å². The molecule has 1 rings (SSSR count). The molecule has 0 amide bonds. The number of nitro groups is 1. The highest BCUT2D eigenvalue weighted by molar-refractivity contribution is 5.82. The number of hydrogen-bond acceptors (Lipinski definition) is 8. The number of benzene rings is 1. The fourth-order valence-corrected chi connectivity index (χ4v) is 1.69. The standard InChI is InChI=1S/C13H16N2O7/c1-21-12(17)6-10(13(18)22-2)14-7-8-5-9(15(19)20)3-4-11(8)16/h3-5,10,14,16H,6-7H2,1-2H3/t10-/m0/s1. The first kappa shape index (κ1) is 17.4. The lowest BCUT2D eigenvalue weighted by Gasteiger charge is -2.15. The molecule has 22 heavy (non-hydrogen) atoms. The molecule has 0 aromatic heterocycles. The van der Waals surface area contributed by atoms with E-state index in [1.165, 1.54) is 26.4 Å². The van der Waals surface area contributed by atoms with Crippen LogP contribution in [0.3, 0.4) is 0 Å². The lowest BCUT2D eigenvalue weighted by atomic mass is 10.1. The van der Waals surface area contributed by atoms with Crippen molar-refractivity contribution in [3.63, 3.8) is 0 Å². The number of non-ortho nitro benzene ring substituents is 1. The molecule has 0 unspecified atom stereocenters. The van der Waals surface area contributed by atoms with E-state index in [1.54, 1.807) is 0 Å². The maximum Gasteiger partial charge on any atom is 0.323 e. The van der Waals surface area contributed by atoms with Gasteiger partial charge in [0, 0.05) is 24.2 Å². The zero-order chi connectivity index (χ0) is 16.7. The Balaban J connectivity index is 2.83. The Morgan fingerprint density at radius 2 is 2.05 bits per heavy atom. The van der Waals surface area contributed by atoms with Crippen molar-refractivity contribution in [2.24, 2.45) is 0 Å². The average molecular weight is 312 g/mol. The summed E-state index contributed by atoms with van der Waals surface area (Å²) in [5, 5.41) is 23.1. The molecule has 120 valence electrons. The van der Waals surface area contributed by atoms with Crippen LogP contribution in [0.2, 0.25) is 0 Å². The first-order valence-corrected chi connectivity index (χ1v) is 6.23. The van der Waals surface area contributed by atoms with Crippen LogP contribution in [-0.4, -0.2) is 42.2 Å². The van der Waals surface area contributed by atoms with E-state index in [0.29, 0.717) is 0 Å². The van der Waals surface area contributed by atoms with E-state index >= 15 is 0 Å². The van der Waals surface area contributed by atoms with Gasteiger partial charge in [-0.25, -0.2) is 0 Å². The summed E-state index contributed by atoms with van der Waals surface area (Å²) in [5.74, 6) is -1.47. The van der Waals surface area contributed by atoms with E-state index in [9.17, 15) is 24.8 Å². The Morgan fingerprint density at radius 1 is 1.36 bits per heavy atom. The van der Waals surface area contributed by atoms with Crippen molar-refractivity contribution in [1.29, 1.82) is 0 Å². The molecule has 1 atom stereocenters. The number of hydrogen-bond donors (Lipinski definition) is 2. The number of carbonyl (C=O) groups is 2. The fourth-order valence-electron chi connectivity index (χ4n) is 1.69. The molecule has 9 heteroatoms. The first-order valence-electron chi connectivity index (χ1n) is 6.23. The number of carbonyl (C=O) groups excluding carboxylic acids is 2. The van der Waals surface area contributed by atoms with E-state index in [2.05, 4.69) is 14.8 Å². The minimum absolute atomic E-state index is 0.0652. The molecule has 9 nitrogen and oxygen atoms in total. The molecule has 0 aliphatic carbocycles. The Bertz CT molecular complexity index is 574. The van der Waals surface area contributed by atoms with Crippen LogP contribution in [-0.2, 0) is 25.6 Å². The summed E-state index contributed by atoms with van der Waals surface area (Å²) in [6.07, 6.45) is -0.265. The van der Waals surface area contributed by atoms with Gasteiger partial charge in [0.15, 0.2) is 0 Å². The van der Waals surface area contributed by atoms with Gasteiger partial charge in [-0.3, -0.25) is 25.0 Å². The third kappa shape index (κ3) is 4.70. The molecule has 0 fully saturated rings. The molecular weight excluding hydrogens is 296 g/mol. The predicted molar refractivity (Wildman–Crippen MR) is 74.0 cm³/mol. The van der Waals surface area contributed by atoms with Gasteiger partial charge in [-0.1, -0.05) is 0 Å². The largest absolute Gasteiger partial charge is 0.508 e. The summed E-state index contributed by atoms with van der Waals surface area (Å²) >= 11 is 0. The van der Waals surface area contributed by atoms with Gasteiger partial charge in [-0.2, -0.15) is 0 Å². The van der Waals surface area contributed by atoms with Gasteiger partial charge in [0.25, 0.3) is 5.69 Å². The van der Waals surface area contributed by atoms with Crippen molar-refractivity contribution in [2.45, 2.75) is 19.0 Å². The Morgan fingerprint density at radius 3 is 2.59 bits per heavy atom. The Hall–Kier alpha value is -2.68. The summed E-state index contributed by atoms with van der Waals surface area (Å²) in [4.78, 5) is 32.9. The number of ether oxygens (including phenoxy) is 2. The van der Waals surface area contributed by atoms with Crippen LogP contribution in [0.1, 0.15) is 12.0 Å². The molecule has 0 aliphatic heterocycles.